The summed E-state index contributed by atoms with van der Waals surface area (Å²) in [6.07, 6.45) is -0.984. The number of aliphatic hydroxyl groups excluding tert-OH is 1. The molecule has 0 spiro atoms. The number of carboxylic acid groups (broad SMARTS) is 1. The summed E-state index contributed by atoms with van der Waals surface area (Å²) in [6.45, 7) is 1.79. The number of aliphatic carboxylic acids is 1. The monoisotopic (exact) mass is 161 g/mol. The number of nitrogens with zero attached hydrogens (tertiary/aromatic N) is 1. The number of hydrogen-bond donors (Lipinski definition) is 2. The molecule has 11 heavy (non-hydrogen) atoms. The molecule has 0 aliphatic rings. The lowest BCUT2D eigenvalue weighted by Crippen LogP contribution is -2.37. The van der Waals surface area contributed by atoms with Crippen molar-refractivity contribution in [2.45, 2.75) is 25.5 Å². The Morgan fingerprint density at radius 2 is 2.00 bits per heavy atom. The number of carboxylic acids is 1. The van der Waals surface area contributed by atoms with Crippen molar-refractivity contribution < 1.29 is 15.0 Å². The van der Waals surface area contributed by atoms with Gasteiger partial charge in [0.2, 0.25) is 0 Å². The lowest BCUT2D eigenvalue weighted by molar-refractivity contribution is -0.139. The fraction of sp³-hybridized carbons (Fsp3) is 0.857. The molecule has 0 fully saturated rings. The number of likely N-dealkylation sites (N-methyl/N-ethyl adjacent to an activating group) is 1. The number of aliphatic hydroxyl groups is 1. The van der Waals surface area contributed by atoms with E-state index in [-0.39, 0.29) is 12.5 Å². The van der Waals surface area contributed by atoms with Crippen LogP contribution in [-0.4, -0.2) is 47.3 Å². The molecule has 2 N–H and O–H groups in total. The predicted octanol–water partition coefficient (Wildman–Crippen LogP) is -0.228. The zero-order valence-electron chi connectivity index (χ0n) is 7.11. The summed E-state index contributed by atoms with van der Waals surface area (Å²) >= 11 is 0. The second-order valence-corrected chi connectivity index (χ2v) is 2.87. The van der Waals surface area contributed by atoms with E-state index in [0.717, 1.165) is 0 Å². The summed E-state index contributed by atoms with van der Waals surface area (Å²) in [6, 6.07) is -0.119. The first-order valence-electron chi connectivity index (χ1n) is 3.51. The van der Waals surface area contributed by atoms with Crippen molar-refractivity contribution in [2.24, 2.45) is 0 Å². The predicted molar refractivity (Wildman–Crippen MR) is 41.4 cm³/mol. The average Bonchev–Trinajstić information content (AvgIpc) is 1.84. The molecule has 0 aromatic heterocycles. The standard InChI is InChI=1S/C7H15NO3/c1-5(8(2)3)6(9)4-7(10)11/h5-6,9H,4H2,1-3H3,(H,10,11)/t5-,6+/m0/s1. The van der Waals surface area contributed by atoms with E-state index < -0.39 is 12.1 Å². The summed E-state index contributed by atoms with van der Waals surface area (Å²) in [5.41, 5.74) is 0. The number of carbonyl (C=O) groups is 1. The second-order valence-electron chi connectivity index (χ2n) is 2.87. The van der Waals surface area contributed by atoms with E-state index in [1.165, 1.54) is 0 Å². The van der Waals surface area contributed by atoms with Crippen molar-refractivity contribution in [3.05, 3.63) is 0 Å². The number of rotatable bonds is 4. The average molecular weight is 161 g/mol. The lowest BCUT2D eigenvalue weighted by Gasteiger charge is -2.23. The van der Waals surface area contributed by atoms with Crippen molar-refractivity contribution in [3.8, 4) is 0 Å². The maximum Gasteiger partial charge on any atom is 0.306 e. The Morgan fingerprint density at radius 3 is 2.27 bits per heavy atom. The van der Waals surface area contributed by atoms with E-state index in [2.05, 4.69) is 0 Å². The third-order valence-electron chi connectivity index (χ3n) is 1.76. The Bertz CT molecular complexity index is 136. The van der Waals surface area contributed by atoms with Crippen LogP contribution in [0, 0.1) is 0 Å². The van der Waals surface area contributed by atoms with Gasteiger partial charge in [0.05, 0.1) is 12.5 Å². The van der Waals surface area contributed by atoms with Gasteiger partial charge in [-0.1, -0.05) is 0 Å². The van der Waals surface area contributed by atoms with Gasteiger partial charge in [0.25, 0.3) is 0 Å². The van der Waals surface area contributed by atoms with Crippen LogP contribution in [0.1, 0.15) is 13.3 Å². The van der Waals surface area contributed by atoms with Gasteiger partial charge < -0.3 is 15.1 Å². The van der Waals surface area contributed by atoms with Crippen molar-refractivity contribution in [1.82, 2.24) is 4.90 Å². The molecule has 0 unspecified atom stereocenters. The van der Waals surface area contributed by atoms with E-state index in [9.17, 15) is 9.90 Å². The van der Waals surface area contributed by atoms with Crippen LogP contribution in [0.25, 0.3) is 0 Å². The fourth-order valence-corrected chi connectivity index (χ4v) is 0.694. The molecule has 0 aliphatic carbocycles. The largest absolute Gasteiger partial charge is 0.481 e. The first kappa shape index (κ1) is 10.4. The van der Waals surface area contributed by atoms with E-state index in [0.29, 0.717) is 0 Å². The summed E-state index contributed by atoms with van der Waals surface area (Å²) in [7, 11) is 3.60. The van der Waals surface area contributed by atoms with Crippen LogP contribution in [0.5, 0.6) is 0 Å². The van der Waals surface area contributed by atoms with Gasteiger partial charge in [-0.3, -0.25) is 4.79 Å². The lowest BCUT2D eigenvalue weighted by atomic mass is 10.1. The zero-order valence-corrected chi connectivity index (χ0v) is 7.11. The highest BCUT2D eigenvalue weighted by Crippen LogP contribution is 2.03. The Labute approximate surface area is 66.4 Å². The summed E-state index contributed by atoms with van der Waals surface area (Å²) < 4.78 is 0. The van der Waals surface area contributed by atoms with Crippen molar-refractivity contribution in [3.63, 3.8) is 0 Å². The zero-order chi connectivity index (χ0) is 9.02. The van der Waals surface area contributed by atoms with Gasteiger partial charge >= 0.3 is 5.97 Å². The van der Waals surface area contributed by atoms with Crippen LogP contribution >= 0.6 is 0 Å². The van der Waals surface area contributed by atoms with Crippen molar-refractivity contribution >= 4 is 5.97 Å². The molecular weight excluding hydrogens is 146 g/mol. The molecule has 4 heteroatoms. The van der Waals surface area contributed by atoms with E-state index in [1.54, 1.807) is 25.9 Å². The van der Waals surface area contributed by atoms with E-state index in [1.807, 2.05) is 0 Å². The molecule has 66 valence electrons. The maximum atomic E-state index is 10.2. The summed E-state index contributed by atoms with van der Waals surface area (Å²) in [4.78, 5) is 11.9. The second kappa shape index (κ2) is 4.31. The van der Waals surface area contributed by atoms with Crippen LogP contribution in [-0.2, 0) is 4.79 Å². The molecule has 0 aromatic carbocycles. The first-order valence-corrected chi connectivity index (χ1v) is 3.51. The fourth-order valence-electron chi connectivity index (χ4n) is 0.694. The highest BCUT2D eigenvalue weighted by atomic mass is 16.4. The van der Waals surface area contributed by atoms with Crippen molar-refractivity contribution in [1.29, 1.82) is 0 Å². The minimum atomic E-state index is -0.966. The van der Waals surface area contributed by atoms with Crippen LogP contribution in [0.15, 0.2) is 0 Å². The highest BCUT2D eigenvalue weighted by molar-refractivity contribution is 5.67. The SMILES string of the molecule is C[C@@H]([C@H](O)CC(=O)O)N(C)C. The summed E-state index contributed by atoms with van der Waals surface area (Å²) in [5, 5.41) is 17.6. The molecule has 0 aromatic rings. The van der Waals surface area contributed by atoms with Crippen LogP contribution in [0.4, 0.5) is 0 Å². The Kier molecular flexibility index (Phi) is 4.07. The normalized spacial score (nSPS) is 16.5. The van der Waals surface area contributed by atoms with Crippen LogP contribution < -0.4 is 0 Å². The summed E-state index contributed by atoms with van der Waals surface area (Å²) in [5.74, 6) is -0.966. The van der Waals surface area contributed by atoms with Crippen LogP contribution in [0.2, 0.25) is 0 Å². The molecular formula is C7H15NO3. The Morgan fingerprint density at radius 1 is 1.55 bits per heavy atom. The Balaban J connectivity index is 3.82. The molecule has 4 nitrogen and oxygen atoms in total. The van der Waals surface area contributed by atoms with Gasteiger partial charge in [-0.2, -0.15) is 0 Å². The minimum Gasteiger partial charge on any atom is -0.481 e. The topological polar surface area (TPSA) is 60.8 Å². The van der Waals surface area contributed by atoms with Gasteiger partial charge in [0.1, 0.15) is 0 Å². The van der Waals surface area contributed by atoms with Crippen molar-refractivity contribution in [2.75, 3.05) is 14.1 Å². The smallest absolute Gasteiger partial charge is 0.306 e. The molecule has 0 rings (SSSR count). The van der Waals surface area contributed by atoms with Gasteiger partial charge in [-0.15, -0.1) is 0 Å². The van der Waals surface area contributed by atoms with Gasteiger partial charge in [-0.25, -0.2) is 0 Å². The van der Waals surface area contributed by atoms with E-state index in [4.69, 9.17) is 5.11 Å². The third-order valence-corrected chi connectivity index (χ3v) is 1.76. The van der Waals surface area contributed by atoms with Gasteiger partial charge in [0.15, 0.2) is 0 Å². The highest BCUT2D eigenvalue weighted by Gasteiger charge is 2.18. The third kappa shape index (κ3) is 3.95. The van der Waals surface area contributed by atoms with Crippen LogP contribution in [0.3, 0.4) is 0 Å². The van der Waals surface area contributed by atoms with E-state index >= 15 is 0 Å². The molecule has 2 atom stereocenters. The molecule has 0 amide bonds. The molecule has 0 bridgehead atoms. The molecule has 0 saturated heterocycles. The molecule has 0 radical (unpaired) electrons. The maximum absolute atomic E-state index is 10.2. The van der Waals surface area contributed by atoms with Gasteiger partial charge in [-0.05, 0) is 21.0 Å². The molecule has 0 saturated carbocycles. The first-order chi connectivity index (χ1) is 4.95. The molecule has 0 heterocycles. The van der Waals surface area contributed by atoms with Gasteiger partial charge in [0, 0.05) is 6.04 Å². The number of hydrogen-bond acceptors (Lipinski definition) is 3. The molecule has 0 aliphatic heterocycles. The quantitative estimate of drug-likeness (QED) is 0.598. The minimum absolute atomic E-state index is 0.119. The Hall–Kier alpha value is -0.610.